The van der Waals surface area contributed by atoms with Gasteiger partial charge >= 0.3 is 0 Å². The van der Waals surface area contributed by atoms with Gasteiger partial charge in [0.1, 0.15) is 5.82 Å². The summed E-state index contributed by atoms with van der Waals surface area (Å²) in [6.45, 7) is 3.25. The molecule has 3 heteroatoms. The van der Waals surface area contributed by atoms with Gasteiger partial charge in [-0.25, -0.2) is 4.39 Å². The zero-order valence-corrected chi connectivity index (χ0v) is 10.3. The summed E-state index contributed by atoms with van der Waals surface area (Å²) in [4.78, 5) is 4.88. The number of anilines is 1. The van der Waals surface area contributed by atoms with Crippen LogP contribution in [0, 0.1) is 11.7 Å². The fraction of sp³-hybridized carbons (Fsp3) is 0.571. The molecular weight excluding hydrogens is 215 g/mol. The van der Waals surface area contributed by atoms with Crippen molar-refractivity contribution in [3.63, 3.8) is 0 Å². The van der Waals surface area contributed by atoms with E-state index in [1.165, 1.54) is 12.8 Å². The van der Waals surface area contributed by atoms with Gasteiger partial charge in [0, 0.05) is 31.4 Å². The van der Waals surface area contributed by atoms with Crippen molar-refractivity contribution in [3.8, 4) is 0 Å². The van der Waals surface area contributed by atoms with Crippen molar-refractivity contribution in [2.75, 3.05) is 31.6 Å². The third-order valence-electron chi connectivity index (χ3n) is 4.05. The second kappa shape index (κ2) is 4.30. The van der Waals surface area contributed by atoms with E-state index in [9.17, 15) is 4.39 Å². The number of halogens is 1. The molecule has 92 valence electrons. The molecule has 2 aliphatic rings. The van der Waals surface area contributed by atoms with Crippen molar-refractivity contribution >= 4 is 5.69 Å². The van der Waals surface area contributed by atoms with E-state index in [1.807, 2.05) is 12.1 Å². The van der Waals surface area contributed by atoms with Gasteiger partial charge in [-0.05, 0) is 50.1 Å². The highest BCUT2D eigenvalue weighted by Gasteiger charge is 2.37. The molecule has 0 spiro atoms. The highest BCUT2D eigenvalue weighted by molar-refractivity contribution is 5.47. The zero-order chi connectivity index (χ0) is 11.8. The Hall–Kier alpha value is -1.09. The van der Waals surface area contributed by atoms with Crippen molar-refractivity contribution < 1.29 is 4.39 Å². The molecule has 1 aromatic rings. The van der Waals surface area contributed by atoms with E-state index < -0.39 is 0 Å². The first-order chi connectivity index (χ1) is 8.24. The van der Waals surface area contributed by atoms with E-state index in [0.29, 0.717) is 6.04 Å². The van der Waals surface area contributed by atoms with Gasteiger partial charge in [0.2, 0.25) is 0 Å². The number of likely N-dealkylation sites (N-methyl/N-ethyl adjacent to an activating group) is 1. The van der Waals surface area contributed by atoms with Crippen molar-refractivity contribution in [3.05, 3.63) is 30.1 Å². The van der Waals surface area contributed by atoms with E-state index in [4.69, 9.17) is 0 Å². The predicted octanol–water partition coefficient (Wildman–Crippen LogP) is 2.36. The lowest BCUT2D eigenvalue weighted by Crippen LogP contribution is -2.52. The fourth-order valence-electron chi connectivity index (χ4n) is 2.78. The normalized spacial score (nSPS) is 26.2. The van der Waals surface area contributed by atoms with Crippen LogP contribution < -0.4 is 4.90 Å². The summed E-state index contributed by atoms with van der Waals surface area (Å²) in [6, 6.07) is 7.59. The molecule has 1 aliphatic carbocycles. The number of hydrogen-bond donors (Lipinski definition) is 0. The summed E-state index contributed by atoms with van der Waals surface area (Å²) in [5, 5.41) is 0. The smallest absolute Gasteiger partial charge is 0.123 e. The minimum absolute atomic E-state index is 0.151. The van der Waals surface area contributed by atoms with Gasteiger partial charge < -0.3 is 4.90 Å². The van der Waals surface area contributed by atoms with Gasteiger partial charge in [0.25, 0.3) is 0 Å². The molecule has 1 saturated heterocycles. The number of hydrogen-bond acceptors (Lipinski definition) is 2. The lowest BCUT2D eigenvalue weighted by Gasteiger charge is -2.41. The van der Waals surface area contributed by atoms with Crippen molar-refractivity contribution in [2.45, 2.75) is 18.9 Å². The van der Waals surface area contributed by atoms with Gasteiger partial charge in [0.05, 0.1) is 0 Å². The van der Waals surface area contributed by atoms with E-state index in [0.717, 1.165) is 31.2 Å². The predicted molar refractivity (Wildman–Crippen MR) is 67.8 cm³/mol. The third-order valence-corrected chi connectivity index (χ3v) is 4.05. The average molecular weight is 234 g/mol. The topological polar surface area (TPSA) is 6.48 Å². The number of nitrogens with zero attached hydrogens (tertiary/aromatic N) is 2. The van der Waals surface area contributed by atoms with Gasteiger partial charge in [-0.2, -0.15) is 0 Å². The molecule has 1 saturated carbocycles. The van der Waals surface area contributed by atoms with E-state index >= 15 is 0 Å². The minimum atomic E-state index is -0.151. The lowest BCUT2D eigenvalue weighted by atomic mass is 10.1. The zero-order valence-electron chi connectivity index (χ0n) is 10.3. The number of piperazine rings is 1. The summed E-state index contributed by atoms with van der Waals surface area (Å²) in [7, 11) is 2.23. The Balaban J connectivity index is 1.73. The second-order valence-electron chi connectivity index (χ2n) is 5.31. The molecule has 1 heterocycles. The molecule has 1 atom stereocenters. The maximum Gasteiger partial charge on any atom is 0.123 e. The van der Waals surface area contributed by atoms with Crippen molar-refractivity contribution in [2.24, 2.45) is 5.92 Å². The largest absolute Gasteiger partial charge is 0.369 e. The SMILES string of the molecule is CN1CCN(c2ccc(F)cc2)C[C@H]1C1CC1. The Bertz CT molecular complexity index is 386. The molecular formula is C14H19FN2. The Labute approximate surface area is 102 Å². The molecule has 1 aliphatic heterocycles. The molecule has 2 nitrogen and oxygen atoms in total. The summed E-state index contributed by atoms with van der Waals surface area (Å²) in [5.41, 5.74) is 1.16. The standard InChI is InChI=1S/C14H19FN2/c1-16-8-9-17(10-14(16)11-2-3-11)13-6-4-12(15)5-7-13/h4-7,11,14H,2-3,8-10H2,1H3/t14-/m0/s1. The Morgan fingerprint density at radius 1 is 1.12 bits per heavy atom. The Kier molecular flexibility index (Phi) is 2.79. The Morgan fingerprint density at radius 3 is 2.47 bits per heavy atom. The molecule has 0 radical (unpaired) electrons. The van der Waals surface area contributed by atoms with Crippen LogP contribution in [0.3, 0.4) is 0 Å². The quantitative estimate of drug-likeness (QED) is 0.775. The molecule has 3 rings (SSSR count). The molecule has 2 fully saturated rings. The first-order valence-corrected chi connectivity index (χ1v) is 6.45. The van der Waals surface area contributed by atoms with Gasteiger partial charge in [-0.1, -0.05) is 0 Å². The second-order valence-corrected chi connectivity index (χ2v) is 5.31. The van der Waals surface area contributed by atoms with E-state index in [2.05, 4.69) is 16.8 Å². The number of rotatable bonds is 2. The lowest BCUT2D eigenvalue weighted by molar-refractivity contribution is 0.197. The highest BCUT2D eigenvalue weighted by Crippen LogP contribution is 2.37. The van der Waals surface area contributed by atoms with Gasteiger partial charge in [0.15, 0.2) is 0 Å². The molecule has 0 unspecified atom stereocenters. The van der Waals surface area contributed by atoms with Crippen molar-refractivity contribution in [1.29, 1.82) is 0 Å². The van der Waals surface area contributed by atoms with Crippen LogP contribution in [0.2, 0.25) is 0 Å². The molecule has 0 bridgehead atoms. The van der Waals surface area contributed by atoms with Crippen LogP contribution in [0.1, 0.15) is 12.8 Å². The average Bonchev–Trinajstić information content (AvgIpc) is 3.15. The molecule has 1 aromatic carbocycles. The third kappa shape index (κ3) is 2.29. The summed E-state index contributed by atoms with van der Waals surface area (Å²) < 4.78 is 12.9. The summed E-state index contributed by atoms with van der Waals surface area (Å²) >= 11 is 0. The monoisotopic (exact) mass is 234 g/mol. The maximum absolute atomic E-state index is 12.9. The molecule has 0 N–H and O–H groups in total. The maximum atomic E-state index is 12.9. The van der Waals surface area contributed by atoms with Crippen LogP contribution in [-0.2, 0) is 0 Å². The van der Waals surface area contributed by atoms with Crippen LogP contribution in [0.25, 0.3) is 0 Å². The Morgan fingerprint density at radius 2 is 1.82 bits per heavy atom. The highest BCUT2D eigenvalue weighted by atomic mass is 19.1. The minimum Gasteiger partial charge on any atom is -0.369 e. The van der Waals surface area contributed by atoms with Gasteiger partial charge in [-0.3, -0.25) is 4.90 Å². The molecule has 17 heavy (non-hydrogen) atoms. The summed E-state index contributed by atoms with van der Waals surface area (Å²) in [6.07, 6.45) is 2.76. The number of benzene rings is 1. The summed E-state index contributed by atoms with van der Waals surface area (Å²) in [5.74, 6) is 0.741. The van der Waals surface area contributed by atoms with Crippen LogP contribution in [-0.4, -0.2) is 37.6 Å². The van der Waals surface area contributed by atoms with E-state index in [1.54, 1.807) is 12.1 Å². The molecule has 0 amide bonds. The van der Waals surface area contributed by atoms with Crippen LogP contribution in [0.15, 0.2) is 24.3 Å². The van der Waals surface area contributed by atoms with Gasteiger partial charge in [-0.15, -0.1) is 0 Å². The fourth-order valence-corrected chi connectivity index (χ4v) is 2.78. The first kappa shape index (κ1) is 11.0. The van der Waals surface area contributed by atoms with E-state index in [-0.39, 0.29) is 5.82 Å². The first-order valence-electron chi connectivity index (χ1n) is 6.45. The van der Waals surface area contributed by atoms with Crippen LogP contribution in [0.5, 0.6) is 0 Å². The van der Waals surface area contributed by atoms with Crippen molar-refractivity contribution in [1.82, 2.24) is 4.90 Å². The van der Waals surface area contributed by atoms with Crippen LogP contribution >= 0.6 is 0 Å². The van der Waals surface area contributed by atoms with Crippen LogP contribution in [0.4, 0.5) is 10.1 Å². The molecule has 0 aromatic heterocycles.